The number of carbonyl (C=O) groups excluding carboxylic acids is 2. The average molecular weight is 369 g/mol. The van der Waals surface area contributed by atoms with E-state index in [0.717, 1.165) is 12.8 Å². The van der Waals surface area contributed by atoms with Crippen LogP contribution in [0.2, 0.25) is 0 Å². The van der Waals surface area contributed by atoms with E-state index in [0.29, 0.717) is 6.61 Å². The van der Waals surface area contributed by atoms with Gasteiger partial charge in [0, 0.05) is 0 Å². The number of hydrogen-bond acceptors (Lipinski definition) is 5. The van der Waals surface area contributed by atoms with Crippen molar-refractivity contribution in [1.82, 2.24) is 0 Å². The zero-order valence-corrected chi connectivity index (χ0v) is 16.9. The lowest BCUT2D eigenvalue weighted by molar-refractivity contribution is -0.180. The Labute approximate surface area is 158 Å². The molecule has 0 spiro atoms. The fourth-order valence-corrected chi connectivity index (χ4v) is 2.57. The van der Waals surface area contributed by atoms with Crippen molar-refractivity contribution in [2.75, 3.05) is 13.2 Å². The van der Waals surface area contributed by atoms with Crippen LogP contribution in [0.15, 0.2) is 12.2 Å². The molecule has 0 amide bonds. The topological polar surface area (TPSA) is 61.8 Å². The predicted octanol–water partition coefficient (Wildman–Crippen LogP) is 4.58. The van der Waals surface area contributed by atoms with Crippen LogP contribution in [0.25, 0.3) is 0 Å². The SMILES string of the molecule is CCCCCCCCCCO[C@@H]1C=CC(=O)[C@@H](COC(=O)C(C)(C)C)O1. The van der Waals surface area contributed by atoms with Crippen LogP contribution in [-0.2, 0) is 23.8 Å². The highest BCUT2D eigenvalue weighted by molar-refractivity contribution is 5.94. The van der Waals surface area contributed by atoms with Gasteiger partial charge in [0.25, 0.3) is 0 Å². The molecule has 0 aliphatic carbocycles. The first-order valence-corrected chi connectivity index (χ1v) is 10.0. The van der Waals surface area contributed by atoms with Crippen LogP contribution in [0, 0.1) is 5.41 Å². The van der Waals surface area contributed by atoms with Gasteiger partial charge in [-0.2, -0.15) is 0 Å². The van der Waals surface area contributed by atoms with Crippen molar-refractivity contribution in [1.29, 1.82) is 0 Å². The fraction of sp³-hybridized carbons (Fsp3) is 0.810. The number of rotatable bonds is 12. The van der Waals surface area contributed by atoms with Crippen molar-refractivity contribution in [3.05, 3.63) is 12.2 Å². The molecule has 1 aliphatic heterocycles. The molecule has 1 heterocycles. The second-order valence-corrected chi connectivity index (χ2v) is 7.95. The summed E-state index contributed by atoms with van der Waals surface area (Å²) in [5.41, 5.74) is -0.597. The van der Waals surface area contributed by atoms with E-state index in [1.54, 1.807) is 26.8 Å². The van der Waals surface area contributed by atoms with Crippen molar-refractivity contribution in [2.45, 2.75) is 91.5 Å². The van der Waals surface area contributed by atoms with Gasteiger partial charge in [-0.25, -0.2) is 0 Å². The minimum Gasteiger partial charge on any atom is -0.462 e. The Bertz CT molecular complexity index is 450. The van der Waals surface area contributed by atoms with Crippen molar-refractivity contribution < 1.29 is 23.8 Å². The molecule has 0 saturated carbocycles. The summed E-state index contributed by atoms with van der Waals surface area (Å²) in [5.74, 6) is -0.543. The molecule has 2 atom stereocenters. The molecule has 0 N–H and O–H groups in total. The van der Waals surface area contributed by atoms with E-state index < -0.39 is 17.8 Å². The highest BCUT2D eigenvalue weighted by Gasteiger charge is 2.29. The van der Waals surface area contributed by atoms with Crippen molar-refractivity contribution in [2.24, 2.45) is 5.41 Å². The van der Waals surface area contributed by atoms with Crippen LogP contribution in [-0.4, -0.2) is 37.4 Å². The summed E-state index contributed by atoms with van der Waals surface area (Å²) < 4.78 is 16.5. The number of hydrogen-bond donors (Lipinski definition) is 0. The van der Waals surface area contributed by atoms with E-state index in [1.165, 1.54) is 44.6 Å². The number of esters is 1. The first-order valence-electron chi connectivity index (χ1n) is 10.0. The van der Waals surface area contributed by atoms with E-state index in [4.69, 9.17) is 14.2 Å². The van der Waals surface area contributed by atoms with E-state index >= 15 is 0 Å². The van der Waals surface area contributed by atoms with Gasteiger partial charge in [-0.1, -0.05) is 51.9 Å². The molecule has 26 heavy (non-hydrogen) atoms. The lowest BCUT2D eigenvalue weighted by atomic mass is 9.97. The molecule has 5 nitrogen and oxygen atoms in total. The summed E-state index contributed by atoms with van der Waals surface area (Å²) in [5, 5.41) is 0. The molecule has 0 aromatic rings. The maximum absolute atomic E-state index is 11.9. The average Bonchev–Trinajstić information content (AvgIpc) is 2.59. The highest BCUT2D eigenvalue weighted by atomic mass is 16.7. The van der Waals surface area contributed by atoms with Crippen molar-refractivity contribution in [3.63, 3.8) is 0 Å². The number of carbonyl (C=O) groups is 2. The van der Waals surface area contributed by atoms with E-state index in [9.17, 15) is 9.59 Å². The molecule has 0 unspecified atom stereocenters. The lowest BCUT2D eigenvalue weighted by Gasteiger charge is -2.26. The number of unbranched alkanes of at least 4 members (excludes halogenated alkanes) is 7. The normalized spacial score (nSPS) is 20.4. The minimum atomic E-state index is -0.783. The number of ketones is 1. The molecule has 1 rings (SSSR count). The summed E-state index contributed by atoms with van der Waals surface area (Å²) in [6.45, 7) is 8.08. The smallest absolute Gasteiger partial charge is 0.311 e. The van der Waals surface area contributed by atoms with Gasteiger partial charge in [0.15, 0.2) is 18.2 Å². The standard InChI is InChI=1S/C21H36O5/c1-5-6-7-8-9-10-11-12-15-24-19-14-13-17(22)18(26-19)16-25-20(23)21(2,3)4/h13-14,18-19H,5-12,15-16H2,1-4H3/t18-,19+/m1/s1. The molecule has 0 saturated heterocycles. The Balaban J connectivity index is 2.17. The van der Waals surface area contributed by atoms with E-state index in [2.05, 4.69) is 6.92 Å². The van der Waals surface area contributed by atoms with Crippen LogP contribution in [0.3, 0.4) is 0 Å². The minimum absolute atomic E-state index is 0.0725. The van der Waals surface area contributed by atoms with Crippen LogP contribution in [0.4, 0.5) is 0 Å². The Hall–Kier alpha value is -1.20. The van der Waals surface area contributed by atoms with E-state index in [1.807, 2.05) is 0 Å². The first kappa shape index (κ1) is 22.8. The van der Waals surface area contributed by atoms with Gasteiger partial charge in [-0.15, -0.1) is 0 Å². The predicted molar refractivity (Wildman–Crippen MR) is 102 cm³/mol. The lowest BCUT2D eigenvalue weighted by Crippen LogP contribution is -2.38. The van der Waals surface area contributed by atoms with Gasteiger partial charge in [-0.05, 0) is 39.3 Å². The maximum atomic E-state index is 11.9. The zero-order valence-electron chi connectivity index (χ0n) is 16.9. The monoisotopic (exact) mass is 368 g/mol. The second-order valence-electron chi connectivity index (χ2n) is 7.95. The van der Waals surface area contributed by atoms with E-state index in [-0.39, 0.29) is 18.4 Å². The van der Waals surface area contributed by atoms with Crippen LogP contribution in [0.5, 0.6) is 0 Å². The van der Waals surface area contributed by atoms with Crippen molar-refractivity contribution >= 4 is 11.8 Å². The Kier molecular flexibility index (Phi) is 10.7. The zero-order chi connectivity index (χ0) is 19.4. The van der Waals surface area contributed by atoms with Gasteiger partial charge >= 0.3 is 5.97 Å². The third-order valence-electron chi connectivity index (χ3n) is 4.29. The van der Waals surface area contributed by atoms with Gasteiger partial charge in [-0.3, -0.25) is 9.59 Å². The summed E-state index contributed by atoms with van der Waals surface area (Å²) in [7, 11) is 0. The quantitative estimate of drug-likeness (QED) is 0.373. The van der Waals surface area contributed by atoms with Crippen LogP contribution >= 0.6 is 0 Å². The highest BCUT2D eigenvalue weighted by Crippen LogP contribution is 2.17. The Morgan fingerprint density at radius 2 is 1.69 bits per heavy atom. The molecule has 5 heteroatoms. The molecule has 1 aliphatic rings. The Morgan fingerprint density at radius 1 is 1.08 bits per heavy atom. The molecule has 0 aromatic carbocycles. The summed E-state index contributed by atoms with van der Waals surface area (Å²) in [6, 6.07) is 0. The molecular weight excluding hydrogens is 332 g/mol. The summed E-state index contributed by atoms with van der Waals surface area (Å²) in [6.07, 6.45) is 11.7. The maximum Gasteiger partial charge on any atom is 0.311 e. The van der Waals surface area contributed by atoms with Crippen LogP contribution < -0.4 is 0 Å². The van der Waals surface area contributed by atoms with Crippen molar-refractivity contribution in [3.8, 4) is 0 Å². The molecule has 0 radical (unpaired) electrons. The summed E-state index contributed by atoms with van der Waals surface area (Å²) in [4.78, 5) is 23.7. The molecule has 0 fully saturated rings. The Morgan fingerprint density at radius 3 is 2.31 bits per heavy atom. The second kappa shape index (κ2) is 12.2. The molecule has 150 valence electrons. The van der Waals surface area contributed by atoms with Gasteiger partial charge in [0.1, 0.15) is 6.61 Å². The van der Waals surface area contributed by atoms with Gasteiger partial charge < -0.3 is 14.2 Å². The first-order chi connectivity index (χ1) is 12.3. The molecule has 0 bridgehead atoms. The van der Waals surface area contributed by atoms with Gasteiger partial charge in [0.2, 0.25) is 0 Å². The molecular formula is C21H36O5. The largest absolute Gasteiger partial charge is 0.462 e. The number of ether oxygens (including phenoxy) is 3. The third-order valence-corrected chi connectivity index (χ3v) is 4.29. The van der Waals surface area contributed by atoms with Crippen LogP contribution in [0.1, 0.15) is 79.1 Å². The van der Waals surface area contributed by atoms with Gasteiger partial charge in [0.05, 0.1) is 12.0 Å². The summed E-state index contributed by atoms with van der Waals surface area (Å²) >= 11 is 0. The fourth-order valence-electron chi connectivity index (χ4n) is 2.57. The molecule has 0 aromatic heterocycles. The third kappa shape index (κ3) is 9.48.